The Kier molecular flexibility index (Phi) is 3.65. The van der Waals surface area contributed by atoms with E-state index in [0.29, 0.717) is 6.54 Å². The molecule has 3 heteroatoms. The van der Waals surface area contributed by atoms with E-state index in [2.05, 4.69) is 4.90 Å². The number of hydrogen-bond donors (Lipinski definition) is 0. The highest BCUT2D eigenvalue weighted by Gasteiger charge is 2.30. The summed E-state index contributed by atoms with van der Waals surface area (Å²) in [7, 11) is 0. The molecule has 2 aliphatic rings. The maximum Gasteiger partial charge on any atom is 0.179 e. The van der Waals surface area contributed by atoms with E-state index >= 15 is 0 Å². The van der Waals surface area contributed by atoms with Crippen molar-refractivity contribution < 1.29 is 9.18 Å². The Labute approximate surface area is 113 Å². The molecule has 0 radical (unpaired) electrons. The minimum absolute atomic E-state index is 0.0839. The number of benzene rings is 1. The largest absolute Gasteiger partial charge is 0.295 e. The van der Waals surface area contributed by atoms with Gasteiger partial charge in [-0.1, -0.05) is 12.1 Å². The molecule has 0 aliphatic heterocycles. The number of ketones is 1. The fourth-order valence-electron chi connectivity index (χ4n) is 2.51. The first-order chi connectivity index (χ1) is 9.22. The Hall–Kier alpha value is -1.22. The zero-order valence-corrected chi connectivity index (χ0v) is 11.1. The molecule has 0 heterocycles. The molecule has 1 aromatic rings. The van der Waals surface area contributed by atoms with Crippen LogP contribution in [0.3, 0.4) is 0 Å². The van der Waals surface area contributed by atoms with Gasteiger partial charge in [0.1, 0.15) is 5.82 Å². The normalized spacial score (nSPS) is 18.8. The van der Waals surface area contributed by atoms with Crippen molar-refractivity contribution in [3.63, 3.8) is 0 Å². The van der Waals surface area contributed by atoms with Crippen LogP contribution in [0.15, 0.2) is 24.3 Å². The summed E-state index contributed by atoms with van der Waals surface area (Å²) in [6.07, 6.45) is 5.15. The lowest BCUT2D eigenvalue weighted by Crippen LogP contribution is -2.33. The van der Waals surface area contributed by atoms with Gasteiger partial charge in [0.25, 0.3) is 0 Å². The van der Waals surface area contributed by atoms with Crippen LogP contribution >= 0.6 is 0 Å². The molecule has 102 valence electrons. The summed E-state index contributed by atoms with van der Waals surface area (Å²) < 4.78 is 13.6. The SMILES string of the molecule is O=C(CN(CC1CC1)CC1CC1)c1ccccc1F. The van der Waals surface area contributed by atoms with Crippen molar-refractivity contribution in [2.75, 3.05) is 19.6 Å². The molecule has 0 spiro atoms. The van der Waals surface area contributed by atoms with Gasteiger partial charge in [0.15, 0.2) is 5.78 Å². The molecule has 0 atom stereocenters. The van der Waals surface area contributed by atoms with Gasteiger partial charge in [-0.2, -0.15) is 0 Å². The first kappa shape index (κ1) is 12.8. The predicted molar refractivity (Wildman–Crippen MR) is 72.6 cm³/mol. The fraction of sp³-hybridized carbons (Fsp3) is 0.562. The van der Waals surface area contributed by atoms with E-state index in [1.807, 2.05) is 0 Å². The summed E-state index contributed by atoms with van der Waals surface area (Å²) in [6.45, 7) is 2.39. The molecule has 2 aliphatic carbocycles. The maximum atomic E-state index is 13.6. The van der Waals surface area contributed by atoms with Crippen LogP contribution in [-0.2, 0) is 0 Å². The van der Waals surface area contributed by atoms with Gasteiger partial charge in [-0.25, -0.2) is 4.39 Å². The summed E-state index contributed by atoms with van der Waals surface area (Å²) in [5.74, 6) is 1.06. The second kappa shape index (κ2) is 5.41. The molecular formula is C16H20FNO. The highest BCUT2D eigenvalue weighted by Crippen LogP contribution is 2.33. The van der Waals surface area contributed by atoms with E-state index < -0.39 is 5.82 Å². The van der Waals surface area contributed by atoms with Crippen molar-refractivity contribution in [1.29, 1.82) is 0 Å². The third-order valence-electron chi connectivity index (χ3n) is 3.97. The van der Waals surface area contributed by atoms with Gasteiger partial charge in [-0.15, -0.1) is 0 Å². The minimum atomic E-state index is -0.398. The van der Waals surface area contributed by atoms with Crippen LogP contribution in [0, 0.1) is 17.7 Å². The maximum absolute atomic E-state index is 13.6. The van der Waals surface area contributed by atoms with Crippen molar-refractivity contribution in [2.24, 2.45) is 11.8 Å². The topological polar surface area (TPSA) is 20.3 Å². The first-order valence-corrected chi connectivity index (χ1v) is 7.22. The summed E-state index contributed by atoms with van der Waals surface area (Å²) in [4.78, 5) is 14.4. The number of halogens is 1. The summed E-state index contributed by atoms with van der Waals surface area (Å²) >= 11 is 0. The zero-order valence-electron chi connectivity index (χ0n) is 11.1. The second-order valence-electron chi connectivity index (χ2n) is 5.98. The van der Waals surface area contributed by atoms with Crippen LogP contribution in [0.25, 0.3) is 0 Å². The van der Waals surface area contributed by atoms with Gasteiger partial charge in [0.05, 0.1) is 12.1 Å². The Morgan fingerprint density at radius 1 is 1.11 bits per heavy atom. The van der Waals surface area contributed by atoms with Crippen LogP contribution in [-0.4, -0.2) is 30.3 Å². The lowest BCUT2D eigenvalue weighted by atomic mass is 10.1. The number of nitrogens with zero attached hydrogens (tertiary/aromatic N) is 1. The summed E-state index contributed by atoms with van der Waals surface area (Å²) in [5, 5.41) is 0. The van der Waals surface area contributed by atoms with Gasteiger partial charge >= 0.3 is 0 Å². The number of carbonyl (C=O) groups excluding carboxylic acids is 1. The van der Waals surface area contributed by atoms with Crippen LogP contribution in [0.5, 0.6) is 0 Å². The van der Waals surface area contributed by atoms with Crippen molar-refractivity contribution in [1.82, 2.24) is 4.90 Å². The van der Waals surface area contributed by atoms with E-state index in [9.17, 15) is 9.18 Å². The van der Waals surface area contributed by atoms with Crippen molar-refractivity contribution in [2.45, 2.75) is 25.7 Å². The molecule has 0 saturated heterocycles. The van der Waals surface area contributed by atoms with Gasteiger partial charge in [0.2, 0.25) is 0 Å². The lowest BCUT2D eigenvalue weighted by Gasteiger charge is -2.21. The van der Waals surface area contributed by atoms with Crippen molar-refractivity contribution in [3.05, 3.63) is 35.6 Å². The lowest BCUT2D eigenvalue weighted by molar-refractivity contribution is 0.0920. The molecule has 19 heavy (non-hydrogen) atoms. The summed E-state index contributed by atoms with van der Waals surface area (Å²) in [5.41, 5.74) is 0.235. The first-order valence-electron chi connectivity index (χ1n) is 7.22. The van der Waals surface area contributed by atoms with E-state index in [0.717, 1.165) is 24.9 Å². The molecule has 1 aromatic carbocycles. The standard InChI is InChI=1S/C16H20FNO/c17-15-4-2-1-3-14(15)16(19)11-18(9-12-5-6-12)10-13-7-8-13/h1-4,12-13H,5-11H2. The van der Waals surface area contributed by atoms with E-state index in [1.165, 1.54) is 31.7 Å². The van der Waals surface area contributed by atoms with Crippen LogP contribution in [0.1, 0.15) is 36.0 Å². The molecule has 0 N–H and O–H groups in total. The van der Waals surface area contributed by atoms with Crippen molar-refractivity contribution in [3.8, 4) is 0 Å². The third-order valence-corrected chi connectivity index (χ3v) is 3.97. The number of hydrogen-bond acceptors (Lipinski definition) is 2. The van der Waals surface area contributed by atoms with Gasteiger partial charge in [-0.3, -0.25) is 9.69 Å². The Bertz CT molecular complexity index is 452. The number of carbonyl (C=O) groups is 1. The van der Waals surface area contributed by atoms with Gasteiger partial charge in [-0.05, 0) is 49.7 Å². The fourth-order valence-corrected chi connectivity index (χ4v) is 2.51. The molecule has 3 rings (SSSR count). The van der Waals surface area contributed by atoms with Crippen LogP contribution in [0.2, 0.25) is 0 Å². The molecule has 0 bridgehead atoms. The molecule has 0 unspecified atom stereocenters. The Morgan fingerprint density at radius 3 is 2.21 bits per heavy atom. The molecule has 0 amide bonds. The highest BCUT2D eigenvalue weighted by atomic mass is 19.1. The van der Waals surface area contributed by atoms with E-state index in [-0.39, 0.29) is 11.3 Å². The van der Waals surface area contributed by atoms with E-state index in [1.54, 1.807) is 18.2 Å². The number of rotatable bonds is 7. The van der Waals surface area contributed by atoms with Gasteiger partial charge in [0, 0.05) is 13.1 Å². The number of Topliss-reactive ketones (excluding diaryl/α,β-unsaturated/α-hetero) is 1. The quantitative estimate of drug-likeness (QED) is 0.703. The molecule has 2 nitrogen and oxygen atoms in total. The predicted octanol–water partition coefficient (Wildman–Crippen LogP) is 3.13. The molecular weight excluding hydrogens is 241 g/mol. The zero-order chi connectivity index (χ0) is 13.2. The third kappa shape index (κ3) is 3.63. The second-order valence-corrected chi connectivity index (χ2v) is 5.98. The summed E-state index contributed by atoms with van der Waals surface area (Å²) in [6, 6.07) is 6.30. The molecule has 0 aromatic heterocycles. The van der Waals surface area contributed by atoms with Crippen LogP contribution < -0.4 is 0 Å². The molecule has 2 fully saturated rings. The average Bonchev–Trinajstić information content (AvgIpc) is 3.25. The monoisotopic (exact) mass is 261 g/mol. The van der Waals surface area contributed by atoms with Crippen LogP contribution in [0.4, 0.5) is 4.39 Å². The highest BCUT2D eigenvalue weighted by molar-refractivity contribution is 5.97. The average molecular weight is 261 g/mol. The van der Waals surface area contributed by atoms with Gasteiger partial charge < -0.3 is 0 Å². The molecule has 2 saturated carbocycles. The Balaban J connectivity index is 1.62. The van der Waals surface area contributed by atoms with Crippen molar-refractivity contribution >= 4 is 5.78 Å². The Morgan fingerprint density at radius 2 is 1.68 bits per heavy atom. The smallest absolute Gasteiger partial charge is 0.179 e. The van der Waals surface area contributed by atoms with E-state index in [4.69, 9.17) is 0 Å². The minimum Gasteiger partial charge on any atom is -0.295 e.